The van der Waals surface area contributed by atoms with Crippen LogP contribution in [0.3, 0.4) is 0 Å². The third-order valence-electron chi connectivity index (χ3n) is 3.55. The van der Waals surface area contributed by atoms with Crippen LogP contribution < -0.4 is 10.1 Å². The number of benzene rings is 2. The van der Waals surface area contributed by atoms with Crippen LogP contribution >= 0.6 is 0 Å². The van der Waals surface area contributed by atoms with Gasteiger partial charge in [0, 0.05) is 12.6 Å². The molecule has 2 aromatic rings. The second-order valence-corrected chi connectivity index (χ2v) is 6.15. The van der Waals surface area contributed by atoms with Crippen molar-refractivity contribution in [2.45, 2.75) is 26.9 Å². The molecule has 1 N–H and O–H groups in total. The van der Waals surface area contributed by atoms with E-state index in [2.05, 4.69) is 19.2 Å². The predicted molar refractivity (Wildman–Crippen MR) is 98.7 cm³/mol. The van der Waals surface area contributed by atoms with Crippen molar-refractivity contribution in [2.24, 2.45) is 5.92 Å². The molecule has 3 heteroatoms. The number of hydrogen-bond acceptors (Lipinski definition) is 2. The zero-order valence-electron chi connectivity index (χ0n) is 14.4. The van der Waals surface area contributed by atoms with Crippen molar-refractivity contribution < 1.29 is 9.53 Å². The summed E-state index contributed by atoms with van der Waals surface area (Å²) >= 11 is 0. The van der Waals surface area contributed by atoms with Gasteiger partial charge in [0.2, 0.25) is 5.91 Å². The first kappa shape index (κ1) is 17.8. The number of hydrogen-bond donors (Lipinski definition) is 1. The summed E-state index contributed by atoms with van der Waals surface area (Å²) in [6, 6.07) is 17.8. The third kappa shape index (κ3) is 6.69. The number of amides is 1. The van der Waals surface area contributed by atoms with Crippen LogP contribution in [-0.4, -0.2) is 12.5 Å². The Morgan fingerprint density at radius 2 is 1.92 bits per heavy atom. The van der Waals surface area contributed by atoms with Gasteiger partial charge in [-0.3, -0.25) is 4.79 Å². The van der Waals surface area contributed by atoms with E-state index in [9.17, 15) is 4.79 Å². The molecule has 0 bridgehead atoms. The molecule has 1 amide bonds. The van der Waals surface area contributed by atoms with Gasteiger partial charge in [-0.15, -0.1) is 0 Å². The molecule has 0 saturated heterocycles. The SMILES string of the molecule is CC(C)CCNC(=O)/C=C/c1cccc(OCc2ccccc2)c1. The normalized spacial score (nSPS) is 11.0. The van der Waals surface area contributed by atoms with Gasteiger partial charge in [0.1, 0.15) is 12.4 Å². The first-order valence-corrected chi connectivity index (χ1v) is 8.36. The molecule has 2 rings (SSSR count). The van der Waals surface area contributed by atoms with Crippen molar-refractivity contribution in [1.29, 1.82) is 0 Å². The van der Waals surface area contributed by atoms with Crippen molar-refractivity contribution >= 4 is 12.0 Å². The van der Waals surface area contributed by atoms with E-state index >= 15 is 0 Å². The Balaban J connectivity index is 1.85. The highest BCUT2D eigenvalue weighted by Crippen LogP contribution is 2.16. The molecule has 0 aromatic heterocycles. The summed E-state index contributed by atoms with van der Waals surface area (Å²) in [4.78, 5) is 11.8. The van der Waals surface area contributed by atoms with Gasteiger partial charge >= 0.3 is 0 Å². The van der Waals surface area contributed by atoms with Gasteiger partial charge in [0.25, 0.3) is 0 Å². The van der Waals surface area contributed by atoms with Crippen molar-refractivity contribution in [1.82, 2.24) is 5.32 Å². The first-order chi connectivity index (χ1) is 11.6. The molecule has 0 aliphatic rings. The molecule has 3 nitrogen and oxygen atoms in total. The van der Waals surface area contributed by atoms with Gasteiger partial charge in [0.05, 0.1) is 0 Å². The molecule has 0 radical (unpaired) electrons. The van der Waals surface area contributed by atoms with Gasteiger partial charge in [0.15, 0.2) is 0 Å². The molecule has 0 aliphatic heterocycles. The Hall–Kier alpha value is -2.55. The molecule has 126 valence electrons. The highest BCUT2D eigenvalue weighted by molar-refractivity contribution is 5.91. The smallest absolute Gasteiger partial charge is 0.243 e. The van der Waals surface area contributed by atoms with E-state index in [1.807, 2.05) is 54.6 Å². The lowest BCUT2D eigenvalue weighted by molar-refractivity contribution is -0.116. The summed E-state index contributed by atoms with van der Waals surface area (Å²) in [5.41, 5.74) is 2.07. The topological polar surface area (TPSA) is 38.3 Å². The van der Waals surface area contributed by atoms with Gasteiger partial charge in [-0.2, -0.15) is 0 Å². The summed E-state index contributed by atoms with van der Waals surface area (Å²) in [7, 11) is 0. The molecule has 0 spiro atoms. The van der Waals surface area contributed by atoms with Crippen molar-refractivity contribution in [2.75, 3.05) is 6.54 Å². The summed E-state index contributed by atoms with van der Waals surface area (Å²) in [5.74, 6) is 1.32. The molecular weight excluding hydrogens is 298 g/mol. The predicted octanol–water partition coefficient (Wildman–Crippen LogP) is 4.44. The monoisotopic (exact) mass is 323 g/mol. The molecule has 24 heavy (non-hydrogen) atoms. The molecule has 0 aliphatic carbocycles. The maximum Gasteiger partial charge on any atom is 0.243 e. The number of carbonyl (C=O) groups is 1. The Morgan fingerprint density at radius 1 is 1.12 bits per heavy atom. The van der Waals surface area contributed by atoms with Crippen molar-refractivity contribution in [3.05, 3.63) is 71.8 Å². The van der Waals surface area contributed by atoms with E-state index in [1.54, 1.807) is 12.2 Å². The van der Waals surface area contributed by atoms with Crippen LogP contribution in [-0.2, 0) is 11.4 Å². The highest BCUT2D eigenvalue weighted by Gasteiger charge is 1.99. The minimum Gasteiger partial charge on any atom is -0.489 e. The number of rotatable bonds is 8. The lowest BCUT2D eigenvalue weighted by Gasteiger charge is -2.07. The molecule has 2 aromatic carbocycles. The fourth-order valence-corrected chi connectivity index (χ4v) is 2.16. The fraction of sp³-hybridized carbons (Fsp3) is 0.286. The second kappa shape index (κ2) is 9.56. The van der Waals surface area contributed by atoms with Crippen molar-refractivity contribution in [3.63, 3.8) is 0 Å². The maximum absolute atomic E-state index is 11.8. The fourth-order valence-electron chi connectivity index (χ4n) is 2.16. The third-order valence-corrected chi connectivity index (χ3v) is 3.55. The Labute approximate surface area is 144 Å². The van der Waals surface area contributed by atoms with Crippen LogP contribution in [0, 0.1) is 5.92 Å². The molecular formula is C21H25NO2. The van der Waals surface area contributed by atoms with Crippen LogP contribution in [0.15, 0.2) is 60.7 Å². The Bertz CT molecular complexity index is 663. The number of ether oxygens (including phenoxy) is 1. The molecule has 0 unspecified atom stereocenters. The Morgan fingerprint density at radius 3 is 2.67 bits per heavy atom. The summed E-state index contributed by atoms with van der Waals surface area (Å²) in [5, 5.41) is 2.89. The molecule has 0 fully saturated rings. The minimum absolute atomic E-state index is 0.0637. The van der Waals surface area contributed by atoms with Gasteiger partial charge in [-0.05, 0) is 41.7 Å². The van der Waals surface area contributed by atoms with Gasteiger partial charge in [-0.1, -0.05) is 56.3 Å². The van der Waals surface area contributed by atoms with E-state index in [0.29, 0.717) is 19.1 Å². The number of carbonyl (C=O) groups excluding carboxylic acids is 1. The summed E-state index contributed by atoms with van der Waals surface area (Å²) in [6.07, 6.45) is 4.36. The lowest BCUT2D eigenvalue weighted by Crippen LogP contribution is -2.23. The van der Waals surface area contributed by atoms with Crippen LogP contribution in [0.5, 0.6) is 5.75 Å². The van der Waals surface area contributed by atoms with E-state index in [4.69, 9.17) is 4.74 Å². The van der Waals surface area contributed by atoms with E-state index < -0.39 is 0 Å². The number of nitrogens with one attached hydrogen (secondary N) is 1. The second-order valence-electron chi connectivity index (χ2n) is 6.15. The molecule has 0 heterocycles. The largest absolute Gasteiger partial charge is 0.489 e. The minimum atomic E-state index is -0.0637. The summed E-state index contributed by atoms with van der Waals surface area (Å²) < 4.78 is 5.80. The quantitative estimate of drug-likeness (QED) is 0.729. The van der Waals surface area contributed by atoms with Gasteiger partial charge in [-0.25, -0.2) is 0 Å². The van der Waals surface area contributed by atoms with Crippen LogP contribution in [0.4, 0.5) is 0 Å². The lowest BCUT2D eigenvalue weighted by atomic mass is 10.1. The van der Waals surface area contributed by atoms with Crippen LogP contribution in [0.25, 0.3) is 6.08 Å². The molecule has 0 atom stereocenters. The summed E-state index contributed by atoms with van der Waals surface area (Å²) in [6.45, 7) is 5.52. The van der Waals surface area contributed by atoms with Gasteiger partial charge < -0.3 is 10.1 Å². The van der Waals surface area contributed by atoms with E-state index in [-0.39, 0.29) is 5.91 Å². The molecule has 0 saturated carbocycles. The average Bonchev–Trinajstić information content (AvgIpc) is 2.59. The average molecular weight is 323 g/mol. The van der Waals surface area contributed by atoms with E-state index in [0.717, 1.165) is 23.3 Å². The van der Waals surface area contributed by atoms with Crippen molar-refractivity contribution in [3.8, 4) is 5.75 Å². The highest BCUT2D eigenvalue weighted by atomic mass is 16.5. The van der Waals surface area contributed by atoms with Crippen LogP contribution in [0.2, 0.25) is 0 Å². The van der Waals surface area contributed by atoms with E-state index in [1.165, 1.54) is 0 Å². The maximum atomic E-state index is 11.8. The Kier molecular flexibility index (Phi) is 7.09. The zero-order chi connectivity index (χ0) is 17.2. The standard InChI is InChI=1S/C21H25NO2/c1-17(2)13-14-22-21(23)12-11-18-9-6-10-20(15-18)24-16-19-7-4-3-5-8-19/h3-12,15,17H,13-14,16H2,1-2H3,(H,22,23)/b12-11+. The van der Waals surface area contributed by atoms with Crippen LogP contribution in [0.1, 0.15) is 31.4 Å². The zero-order valence-corrected chi connectivity index (χ0v) is 14.4. The first-order valence-electron chi connectivity index (χ1n) is 8.36.